The lowest BCUT2D eigenvalue weighted by Gasteiger charge is -2.48. The van der Waals surface area contributed by atoms with Crippen LogP contribution in [0.4, 0.5) is 4.39 Å². The standard InChI is InChI=1S/C27H28FN7O3S/c1-18(2)34-16-25(31-32-34)39(37,38)33-12-10-20-13-24-19(15-30-35(24)22-8-6-21(28)7-9-22)14-27(20,17-33)26(36)23-5-3-4-11-29-23/h3-9,11,15-16,18,20H,10,12-14,17H2,1-2H3/t20-,27?/m0/s1. The van der Waals surface area contributed by atoms with Crippen LogP contribution >= 0.6 is 0 Å². The van der Waals surface area contributed by atoms with Crippen LogP contribution in [0.25, 0.3) is 5.69 Å². The number of carbonyl (C=O) groups is 1. The first-order chi connectivity index (χ1) is 18.7. The average molecular weight is 550 g/mol. The molecular weight excluding hydrogens is 521 g/mol. The Morgan fingerprint density at radius 3 is 2.64 bits per heavy atom. The van der Waals surface area contributed by atoms with E-state index in [1.165, 1.54) is 27.3 Å². The zero-order valence-corrected chi connectivity index (χ0v) is 22.4. The van der Waals surface area contributed by atoms with Crippen molar-refractivity contribution < 1.29 is 17.6 Å². The molecule has 6 rings (SSSR count). The van der Waals surface area contributed by atoms with Crippen LogP contribution in [0, 0.1) is 17.2 Å². The van der Waals surface area contributed by atoms with E-state index in [-0.39, 0.29) is 41.7 Å². The Morgan fingerprint density at radius 2 is 1.95 bits per heavy atom. The normalized spacial score (nSPS) is 21.5. The fourth-order valence-electron chi connectivity index (χ4n) is 5.81. The number of hydrogen-bond donors (Lipinski definition) is 0. The summed E-state index contributed by atoms with van der Waals surface area (Å²) in [7, 11) is -3.99. The molecule has 2 atom stereocenters. The first kappa shape index (κ1) is 25.5. The molecule has 0 radical (unpaired) electrons. The molecule has 1 fully saturated rings. The lowest BCUT2D eigenvalue weighted by molar-refractivity contribution is 0.0394. The molecule has 0 N–H and O–H groups in total. The summed E-state index contributed by atoms with van der Waals surface area (Å²) in [4.78, 5) is 18.5. The molecule has 0 amide bonds. The maximum atomic E-state index is 14.2. The van der Waals surface area contributed by atoms with Gasteiger partial charge in [0.15, 0.2) is 5.78 Å². The Morgan fingerprint density at radius 1 is 1.15 bits per heavy atom. The van der Waals surface area contributed by atoms with E-state index >= 15 is 0 Å². The molecule has 12 heteroatoms. The third-order valence-electron chi connectivity index (χ3n) is 7.91. The molecule has 1 aliphatic heterocycles. The Hall–Kier alpha value is -3.77. The maximum Gasteiger partial charge on any atom is 0.264 e. The number of rotatable bonds is 6. The van der Waals surface area contributed by atoms with Crippen molar-refractivity contribution in [3.63, 3.8) is 0 Å². The number of benzene rings is 1. The number of Topliss-reactive ketones (excluding diaryl/α,β-unsaturated/α-hetero) is 1. The van der Waals surface area contributed by atoms with E-state index in [1.807, 2.05) is 13.8 Å². The van der Waals surface area contributed by atoms with Crippen LogP contribution in [0.15, 0.2) is 66.1 Å². The van der Waals surface area contributed by atoms with Crippen LogP contribution in [-0.4, -0.2) is 61.4 Å². The van der Waals surface area contributed by atoms with Gasteiger partial charge in [-0.1, -0.05) is 11.3 Å². The highest BCUT2D eigenvalue weighted by Gasteiger charge is 2.55. The van der Waals surface area contributed by atoms with Gasteiger partial charge in [-0.15, -0.1) is 5.10 Å². The molecule has 10 nitrogen and oxygen atoms in total. The van der Waals surface area contributed by atoms with E-state index in [4.69, 9.17) is 0 Å². The number of aromatic nitrogens is 6. The summed E-state index contributed by atoms with van der Waals surface area (Å²) in [5.74, 6) is -0.658. The third kappa shape index (κ3) is 4.27. The molecule has 0 saturated carbocycles. The maximum absolute atomic E-state index is 14.2. The second-order valence-electron chi connectivity index (χ2n) is 10.5. The van der Waals surface area contributed by atoms with Gasteiger partial charge in [-0.2, -0.15) is 9.40 Å². The lowest BCUT2D eigenvalue weighted by Crippen LogP contribution is -2.57. The van der Waals surface area contributed by atoms with Crippen LogP contribution in [-0.2, 0) is 22.9 Å². The molecule has 39 heavy (non-hydrogen) atoms. The number of sulfonamides is 1. The summed E-state index contributed by atoms with van der Waals surface area (Å²) in [6.45, 7) is 4.04. The zero-order chi connectivity index (χ0) is 27.4. The number of carbonyl (C=O) groups excluding carboxylic acids is 1. The molecule has 1 aromatic carbocycles. The Balaban J connectivity index is 1.41. The quantitative estimate of drug-likeness (QED) is 0.339. The predicted octanol–water partition coefficient (Wildman–Crippen LogP) is 3.26. The summed E-state index contributed by atoms with van der Waals surface area (Å²) >= 11 is 0. The van der Waals surface area contributed by atoms with Crippen LogP contribution in [0.2, 0.25) is 0 Å². The largest absolute Gasteiger partial charge is 0.292 e. The first-order valence-corrected chi connectivity index (χ1v) is 14.3. The average Bonchev–Trinajstić information content (AvgIpc) is 3.60. The lowest BCUT2D eigenvalue weighted by atomic mass is 9.60. The monoisotopic (exact) mass is 549 g/mol. The zero-order valence-electron chi connectivity index (χ0n) is 21.6. The molecule has 2 aliphatic rings. The van der Waals surface area contributed by atoms with Crippen molar-refractivity contribution in [2.24, 2.45) is 11.3 Å². The summed E-state index contributed by atoms with van der Waals surface area (Å²) in [6, 6.07) is 11.2. The SMILES string of the molecule is CC(C)n1cc(S(=O)(=O)N2CC[C@H]3Cc4c(cnn4-c4ccc(F)cc4)CC3(C(=O)c3ccccn3)C2)nn1. The molecule has 1 saturated heterocycles. The van der Waals surface area contributed by atoms with E-state index in [1.54, 1.807) is 47.4 Å². The predicted molar refractivity (Wildman–Crippen MR) is 139 cm³/mol. The van der Waals surface area contributed by atoms with E-state index in [9.17, 15) is 17.6 Å². The molecule has 4 aromatic rings. The minimum absolute atomic E-state index is 0.00507. The van der Waals surface area contributed by atoms with E-state index < -0.39 is 15.4 Å². The summed E-state index contributed by atoms with van der Waals surface area (Å²) < 4.78 is 45.6. The van der Waals surface area contributed by atoms with Crippen molar-refractivity contribution in [1.29, 1.82) is 0 Å². The van der Waals surface area contributed by atoms with Gasteiger partial charge in [0.25, 0.3) is 10.0 Å². The van der Waals surface area contributed by atoms with Crippen molar-refractivity contribution in [1.82, 2.24) is 34.1 Å². The van der Waals surface area contributed by atoms with E-state index in [2.05, 4.69) is 20.4 Å². The highest BCUT2D eigenvalue weighted by Crippen LogP contribution is 2.48. The number of nitrogens with zero attached hydrogens (tertiary/aromatic N) is 7. The van der Waals surface area contributed by atoms with Gasteiger partial charge in [0.05, 0.1) is 23.5 Å². The Labute approximate surface area is 225 Å². The number of halogens is 1. The molecule has 0 spiro atoms. The molecule has 0 bridgehead atoms. The van der Waals surface area contributed by atoms with Gasteiger partial charge in [0.2, 0.25) is 5.03 Å². The summed E-state index contributed by atoms with van der Waals surface area (Å²) in [5.41, 5.74) is 1.82. The number of pyridine rings is 1. The van der Waals surface area contributed by atoms with Crippen molar-refractivity contribution in [2.75, 3.05) is 13.1 Å². The first-order valence-electron chi connectivity index (χ1n) is 12.9. The van der Waals surface area contributed by atoms with Gasteiger partial charge < -0.3 is 0 Å². The Kier molecular flexibility index (Phi) is 6.18. The van der Waals surface area contributed by atoms with Gasteiger partial charge >= 0.3 is 0 Å². The Bertz CT molecular complexity index is 1630. The van der Waals surface area contributed by atoms with Crippen molar-refractivity contribution in [2.45, 2.75) is 44.2 Å². The van der Waals surface area contributed by atoms with Crippen LogP contribution in [0.5, 0.6) is 0 Å². The molecular formula is C27H28FN7O3S. The minimum atomic E-state index is -3.99. The summed E-state index contributed by atoms with van der Waals surface area (Å²) in [5, 5.41) is 12.4. The van der Waals surface area contributed by atoms with Gasteiger partial charge in [-0.05, 0) is 81.0 Å². The highest BCUT2D eigenvalue weighted by atomic mass is 32.2. The number of piperidine rings is 1. The third-order valence-corrected chi connectivity index (χ3v) is 9.62. The van der Waals surface area contributed by atoms with Crippen molar-refractivity contribution in [3.05, 3.63) is 83.8 Å². The fraction of sp³-hybridized carbons (Fsp3) is 0.370. The van der Waals surface area contributed by atoms with E-state index in [0.717, 1.165) is 16.9 Å². The molecule has 3 aromatic heterocycles. The van der Waals surface area contributed by atoms with Gasteiger partial charge in [0.1, 0.15) is 11.5 Å². The van der Waals surface area contributed by atoms with Crippen LogP contribution < -0.4 is 0 Å². The molecule has 202 valence electrons. The number of hydrogen-bond acceptors (Lipinski definition) is 7. The molecule has 1 aliphatic carbocycles. The van der Waals surface area contributed by atoms with Gasteiger partial charge in [-0.3, -0.25) is 9.78 Å². The second kappa shape index (κ2) is 9.45. The highest BCUT2D eigenvalue weighted by molar-refractivity contribution is 7.89. The van der Waals surface area contributed by atoms with Crippen molar-refractivity contribution >= 4 is 15.8 Å². The van der Waals surface area contributed by atoms with E-state index in [0.29, 0.717) is 25.0 Å². The minimum Gasteiger partial charge on any atom is -0.292 e. The summed E-state index contributed by atoms with van der Waals surface area (Å²) in [6.07, 6.45) is 6.05. The molecule has 1 unspecified atom stereocenters. The second-order valence-corrected chi connectivity index (χ2v) is 12.4. The van der Waals surface area contributed by atoms with Crippen molar-refractivity contribution in [3.8, 4) is 5.69 Å². The van der Waals surface area contributed by atoms with Crippen LogP contribution in [0.1, 0.15) is 48.1 Å². The number of ketones is 1. The fourth-order valence-corrected chi connectivity index (χ4v) is 7.20. The topological polar surface area (TPSA) is 116 Å². The van der Waals surface area contributed by atoms with Crippen LogP contribution in [0.3, 0.4) is 0 Å². The smallest absolute Gasteiger partial charge is 0.264 e. The molecule has 4 heterocycles. The number of fused-ring (bicyclic) bond motifs is 2. The van der Waals surface area contributed by atoms with Gasteiger partial charge in [-0.25, -0.2) is 22.2 Å². The van der Waals surface area contributed by atoms with Gasteiger partial charge in [0, 0.05) is 31.0 Å².